The number of amidine groups is 1. The number of hydrogen-bond donors (Lipinski definition) is 0. The Morgan fingerprint density at radius 3 is 2.77 bits per heavy atom. The van der Waals surface area contributed by atoms with Crippen LogP contribution in [-0.4, -0.2) is 34.6 Å². The lowest BCUT2D eigenvalue weighted by atomic mass is 10.2. The van der Waals surface area contributed by atoms with Crippen molar-refractivity contribution in [3.8, 4) is 21.1 Å². The van der Waals surface area contributed by atoms with Crippen LogP contribution in [0.5, 0.6) is 0 Å². The number of rotatable bonds is 3. The van der Waals surface area contributed by atoms with Crippen LogP contribution in [0.1, 0.15) is 10.6 Å². The van der Waals surface area contributed by atoms with Gasteiger partial charge in [-0.15, -0.1) is 22.7 Å². The number of aliphatic imine (C=N–C) groups is 2. The zero-order valence-corrected chi connectivity index (χ0v) is 15.9. The monoisotopic (exact) mass is 377 g/mol. The van der Waals surface area contributed by atoms with Gasteiger partial charge in [-0.1, -0.05) is 0 Å². The van der Waals surface area contributed by atoms with Gasteiger partial charge in [0.15, 0.2) is 5.84 Å². The summed E-state index contributed by atoms with van der Waals surface area (Å²) in [5, 5.41) is 2.03. The molecule has 0 fully saturated rings. The molecule has 0 aromatic carbocycles. The molecule has 5 nitrogen and oxygen atoms in total. The number of aromatic nitrogens is 3. The van der Waals surface area contributed by atoms with Crippen molar-refractivity contribution in [1.29, 1.82) is 0 Å². The Labute approximate surface area is 158 Å². The van der Waals surface area contributed by atoms with Crippen LogP contribution in [0.4, 0.5) is 0 Å². The third-order valence-electron chi connectivity index (χ3n) is 3.90. The molecular formula is C19H15N5S2. The molecule has 4 aromatic heterocycles. The zero-order valence-electron chi connectivity index (χ0n) is 14.3. The fraction of sp³-hybridized carbons (Fsp3) is 0.105. The highest BCUT2D eigenvalue weighted by Crippen LogP contribution is 2.35. The molecule has 7 heteroatoms. The molecule has 0 bridgehead atoms. The van der Waals surface area contributed by atoms with Gasteiger partial charge in [0.1, 0.15) is 9.84 Å². The summed E-state index contributed by atoms with van der Waals surface area (Å²) in [7, 11) is 1.72. The molecule has 4 rings (SSSR count). The smallest absolute Gasteiger partial charge is 0.164 e. The summed E-state index contributed by atoms with van der Waals surface area (Å²) in [6, 6.07) is 10.1. The third-order valence-corrected chi connectivity index (χ3v) is 6.17. The average Bonchev–Trinajstić information content (AvgIpc) is 3.26. The van der Waals surface area contributed by atoms with Gasteiger partial charge in [0.2, 0.25) is 0 Å². The lowest BCUT2D eigenvalue weighted by molar-refractivity contribution is 1.25. The first-order valence-corrected chi connectivity index (χ1v) is 9.55. The summed E-state index contributed by atoms with van der Waals surface area (Å²) in [5.41, 5.74) is 2.92. The maximum absolute atomic E-state index is 4.84. The molecule has 0 aliphatic rings. The van der Waals surface area contributed by atoms with Crippen LogP contribution in [0.3, 0.4) is 0 Å². The number of nitrogens with zero attached hydrogens (tertiary/aromatic N) is 5. The molecule has 0 saturated carbocycles. The van der Waals surface area contributed by atoms with Crippen molar-refractivity contribution in [3.63, 3.8) is 0 Å². The minimum absolute atomic E-state index is 0.641. The number of fused-ring (bicyclic) bond motifs is 1. The van der Waals surface area contributed by atoms with Crippen LogP contribution in [0, 0.1) is 6.92 Å². The van der Waals surface area contributed by atoms with E-state index in [0.29, 0.717) is 5.84 Å². The summed E-state index contributed by atoms with van der Waals surface area (Å²) in [5.74, 6) is 0.641. The first-order chi connectivity index (χ1) is 12.7. The lowest BCUT2D eigenvalue weighted by Gasteiger charge is -1.97. The normalized spacial score (nSPS) is 11.8. The van der Waals surface area contributed by atoms with E-state index in [1.165, 1.54) is 0 Å². The molecule has 0 radical (unpaired) electrons. The number of thiophene rings is 1. The summed E-state index contributed by atoms with van der Waals surface area (Å²) < 4.78 is 0. The molecule has 0 atom stereocenters. The standard InChI is InChI=1S/C19H15N5S2/c1-11-16(26-19(23-11)13-5-4-8-22-10-13)14-7-6-12-9-15(17(20-2)21-3)25-18(12)24-14/h4-10H,2H2,1,3H3. The van der Waals surface area contributed by atoms with Gasteiger partial charge in [-0.25, -0.2) is 15.0 Å². The second-order valence-corrected chi connectivity index (χ2v) is 7.61. The van der Waals surface area contributed by atoms with Crippen LogP contribution < -0.4 is 0 Å². The quantitative estimate of drug-likeness (QED) is 0.378. The van der Waals surface area contributed by atoms with Gasteiger partial charge in [0, 0.05) is 30.4 Å². The van der Waals surface area contributed by atoms with Crippen LogP contribution >= 0.6 is 22.7 Å². The van der Waals surface area contributed by atoms with Crippen LogP contribution in [-0.2, 0) is 0 Å². The highest BCUT2D eigenvalue weighted by Gasteiger charge is 2.14. The maximum atomic E-state index is 4.84. The van der Waals surface area contributed by atoms with Gasteiger partial charge in [-0.05, 0) is 44.0 Å². The predicted octanol–water partition coefficient (Wildman–Crippen LogP) is 4.87. The molecule has 0 aliphatic heterocycles. The van der Waals surface area contributed by atoms with E-state index < -0.39 is 0 Å². The number of thiazole rings is 1. The minimum atomic E-state index is 0.641. The number of hydrogen-bond acceptors (Lipinski definition) is 6. The van der Waals surface area contributed by atoms with E-state index in [1.54, 1.807) is 35.9 Å². The molecular weight excluding hydrogens is 362 g/mol. The zero-order chi connectivity index (χ0) is 18.1. The Kier molecular flexibility index (Phi) is 4.40. The second kappa shape index (κ2) is 6.86. The topological polar surface area (TPSA) is 63.4 Å². The van der Waals surface area contributed by atoms with Gasteiger partial charge in [-0.3, -0.25) is 9.98 Å². The van der Waals surface area contributed by atoms with E-state index >= 15 is 0 Å². The van der Waals surface area contributed by atoms with Crippen LogP contribution in [0.25, 0.3) is 31.4 Å². The van der Waals surface area contributed by atoms with Crippen molar-refractivity contribution in [2.45, 2.75) is 6.92 Å². The van der Waals surface area contributed by atoms with Crippen molar-refractivity contribution in [2.24, 2.45) is 9.98 Å². The Morgan fingerprint density at radius 2 is 2.04 bits per heavy atom. The largest absolute Gasteiger partial charge is 0.269 e. The molecule has 128 valence electrons. The van der Waals surface area contributed by atoms with Crippen LogP contribution in [0.15, 0.2) is 52.7 Å². The molecule has 0 aliphatic carbocycles. The summed E-state index contributed by atoms with van der Waals surface area (Å²) in [6.45, 7) is 5.60. The summed E-state index contributed by atoms with van der Waals surface area (Å²) in [4.78, 5) is 24.9. The first-order valence-electron chi connectivity index (χ1n) is 7.92. The Bertz CT molecular complexity index is 1130. The Balaban J connectivity index is 1.77. The van der Waals surface area contributed by atoms with Crippen molar-refractivity contribution in [3.05, 3.63) is 53.3 Å². The van der Waals surface area contributed by atoms with Gasteiger partial charge in [-0.2, -0.15) is 0 Å². The number of aryl methyl sites for hydroxylation is 1. The SMILES string of the molecule is C=NC(=NC)c1cc2ccc(-c3sc(-c4cccnc4)nc3C)nc2s1. The van der Waals surface area contributed by atoms with Crippen molar-refractivity contribution in [1.82, 2.24) is 15.0 Å². The minimum Gasteiger partial charge on any atom is -0.269 e. The molecule has 26 heavy (non-hydrogen) atoms. The van der Waals surface area contributed by atoms with E-state index in [2.05, 4.69) is 27.8 Å². The highest BCUT2D eigenvalue weighted by atomic mass is 32.1. The Morgan fingerprint density at radius 1 is 1.15 bits per heavy atom. The van der Waals surface area contributed by atoms with Gasteiger partial charge in [0.05, 0.1) is 21.1 Å². The fourth-order valence-corrected chi connectivity index (χ4v) is 4.72. The predicted molar refractivity (Wildman–Crippen MR) is 111 cm³/mol. The molecule has 0 unspecified atom stereocenters. The maximum Gasteiger partial charge on any atom is 0.164 e. The first kappa shape index (κ1) is 16.7. The fourth-order valence-electron chi connectivity index (χ4n) is 2.66. The molecule has 4 heterocycles. The van der Waals surface area contributed by atoms with Crippen molar-refractivity contribution < 1.29 is 0 Å². The van der Waals surface area contributed by atoms with E-state index in [4.69, 9.17) is 9.97 Å². The lowest BCUT2D eigenvalue weighted by Crippen LogP contribution is -1.90. The number of pyridine rings is 2. The van der Waals surface area contributed by atoms with E-state index in [-0.39, 0.29) is 0 Å². The molecule has 0 N–H and O–H groups in total. The van der Waals surface area contributed by atoms with Gasteiger partial charge in [0.25, 0.3) is 0 Å². The van der Waals surface area contributed by atoms with Crippen molar-refractivity contribution in [2.75, 3.05) is 7.05 Å². The van der Waals surface area contributed by atoms with E-state index in [1.807, 2.05) is 37.4 Å². The highest BCUT2D eigenvalue weighted by molar-refractivity contribution is 7.20. The molecule has 0 spiro atoms. The van der Waals surface area contributed by atoms with E-state index in [9.17, 15) is 0 Å². The second-order valence-electron chi connectivity index (χ2n) is 5.58. The summed E-state index contributed by atoms with van der Waals surface area (Å²) >= 11 is 3.21. The Hall–Kier alpha value is -2.77. The molecule has 4 aromatic rings. The molecule has 0 saturated heterocycles. The third kappa shape index (κ3) is 2.95. The van der Waals surface area contributed by atoms with Crippen molar-refractivity contribution >= 4 is 45.4 Å². The average molecular weight is 377 g/mol. The van der Waals surface area contributed by atoms with Crippen LogP contribution in [0.2, 0.25) is 0 Å². The summed E-state index contributed by atoms with van der Waals surface area (Å²) in [6.07, 6.45) is 3.60. The van der Waals surface area contributed by atoms with Gasteiger partial charge < -0.3 is 0 Å². The molecule has 0 amide bonds. The van der Waals surface area contributed by atoms with Gasteiger partial charge >= 0.3 is 0 Å². The van der Waals surface area contributed by atoms with E-state index in [0.717, 1.165) is 41.9 Å².